The Bertz CT molecular complexity index is 708. The van der Waals surface area contributed by atoms with E-state index < -0.39 is 12.0 Å². The maximum atomic E-state index is 12.5. The van der Waals surface area contributed by atoms with Crippen molar-refractivity contribution < 1.29 is 19.8 Å². The lowest BCUT2D eigenvalue weighted by Crippen LogP contribution is -2.43. The predicted molar refractivity (Wildman–Crippen MR) is 95.5 cm³/mol. The Morgan fingerprint density at radius 3 is 2.54 bits per heavy atom. The Kier molecular flexibility index (Phi) is 4.39. The van der Waals surface area contributed by atoms with Crippen LogP contribution in [0.25, 0.3) is 0 Å². The van der Waals surface area contributed by atoms with Crippen molar-refractivity contribution in [1.82, 2.24) is 9.80 Å². The molecule has 0 bridgehead atoms. The van der Waals surface area contributed by atoms with E-state index in [1.165, 1.54) is 0 Å². The molecule has 2 N–H and O–H groups in total. The number of phenols is 1. The highest BCUT2D eigenvalue weighted by Crippen LogP contribution is 2.45. The molecule has 6 heteroatoms. The van der Waals surface area contributed by atoms with Crippen LogP contribution >= 0.6 is 0 Å². The van der Waals surface area contributed by atoms with E-state index in [0.717, 1.165) is 50.9 Å². The van der Waals surface area contributed by atoms with Crippen molar-refractivity contribution >= 4 is 11.9 Å². The third-order valence-corrected chi connectivity index (χ3v) is 6.24. The van der Waals surface area contributed by atoms with Crippen LogP contribution in [0.1, 0.15) is 37.7 Å². The fourth-order valence-electron chi connectivity index (χ4n) is 4.53. The minimum atomic E-state index is -0.863. The smallest absolute Gasteiger partial charge is 0.326 e. The third kappa shape index (κ3) is 3.43. The molecule has 1 aromatic rings. The SMILES string of the molecule is O=C(O)C1CC2(CCN(Cc3cccc(O)c3)CC2)CN1C(=O)C1CC1. The molecule has 2 saturated heterocycles. The van der Waals surface area contributed by atoms with Crippen molar-refractivity contribution in [3.63, 3.8) is 0 Å². The van der Waals surface area contributed by atoms with Crippen molar-refractivity contribution in [2.75, 3.05) is 19.6 Å². The van der Waals surface area contributed by atoms with E-state index in [1.54, 1.807) is 17.0 Å². The molecule has 3 aliphatic rings. The second-order valence-electron chi connectivity index (χ2n) is 8.24. The van der Waals surface area contributed by atoms with Crippen LogP contribution in [0.15, 0.2) is 24.3 Å². The van der Waals surface area contributed by atoms with Gasteiger partial charge in [0.1, 0.15) is 11.8 Å². The maximum Gasteiger partial charge on any atom is 0.326 e. The highest BCUT2D eigenvalue weighted by molar-refractivity contribution is 5.87. The molecule has 1 unspecified atom stereocenters. The number of aromatic hydroxyl groups is 1. The zero-order chi connectivity index (χ0) is 18.3. The maximum absolute atomic E-state index is 12.5. The number of amides is 1. The van der Waals surface area contributed by atoms with Crippen molar-refractivity contribution in [2.24, 2.45) is 11.3 Å². The first-order valence-electron chi connectivity index (χ1n) is 9.49. The van der Waals surface area contributed by atoms with Crippen LogP contribution in [0.3, 0.4) is 0 Å². The van der Waals surface area contributed by atoms with Gasteiger partial charge >= 0.3 is 5.97 Å². The summed E-state index contributed by atoms with van der Waals surface area (Å²) in [6.07, 6.45) is 4.24. The Balaban J connectivity index is 1.39. The standard InChI is InChI=1S/C20H26N2O4/c23-16-3-1-2-14(10-16)12-21-8-6-20(7-9-21)11-17(19(25)26)22(13-20)18(24)15-4-5-15/h1-3,10,15,17,23H,4-9,11-13H2,(H,25,26). The lowest BCUT2D eigenvalue weighted by Gasteiger charge is -2.39. The molecule has 26 heavy (non-hydrogen) atoms. The average Bonchev–Trinajstić information content (AvgIpc) is 3.39. The number of aliphatic carboxylic acids is 1. The predicted octanol–water partition coefficient (Wildman–Crippen LogP) is 2.07. The van der Waals surface area contributed by atoms with Gasteiger partial charge < -0.3 is 15.1 Å². The average molecular weight is 358 g/mol. The molecule has 1 saturated carbocycles. The van der Waals surface area contributed by atoms with Crippen LogP contribution in [-0.2, 0) is 16.1 Å². The number of hydrogen-bond acceptors (Lipinski definition) is 4. The molecule has 4 rings (SSSR count). The van der Waals surface area contributed by atoms with E-state index in [1.807, 2.05) is 12.1 Å². The number of piperidine rings is 1. The Labute approximate surface area is 153 Å². The second kappa shape index (κ2) is 6.58. The van der Waals surface area contributed by atoms with E-state index in [4.69, 9.17) is 0 Å². The highest BCUT2D eigenvalue weighted by atomic mass is 16.4. The van der Waals surface area contributed by atoms with Crippen LogP contribution in [-0.4, -0.2) is 57.6 Å². The number of rotatable bonds is 4. The summed E-state index contributed by atoms with van der Waals surface area (Å²) in [6, 6.07) is 6.67. The number of hydrogen-bond donors (Lipinski definition) is 2. The van der Waals surface area contributed by atoms with Gasteiger partial charge in [0.25, 0.3) is 0 Å². The molecule has 3 fully saturated rings. The molecular weight excluding hydrogens is 332 g/mol. The van der Waals surface area contributed by atoms with Crippen LogP contribution in [0.2, 0.25) is 0 Å². The topological polar surface area (TPSA) is 81.1 Å². The third-order valence-electron chi connectivity index (χ3n) is 6.24. The molecular formula is C20H26N2O4. The summed E-state index contributed by atoms with van der Waals surface area (Å²) in [5, 5.41) is 19.2. The molecule has 140 valence electrons. The molecule has 0 aromatic heterocycles. The zero-order valence-electron chi connectivity index (χ0n) is 14.9. The van der Waals surface area contributed by atoms with Gasteiger partial charge in [-0.3, -0.25) is 9.69 Å². The van der Waals surface area contributed by atoms with Gasteiger partial charge in [-0.05, 0) is 68.3 Å². The number of phenolic OH excluding ortho intramolecular Hbond substituents is 1. The first kappa shape index (κ1) is 17.3. The van der Waals surface area contributed by atoms with Gasteiger partial charge in [-0.1, -0.05) is 12.1 Å². The molecule has 1 aromatic carbocycles. The minimum Gasteiger partial charge on any atom is -0.508 e. The van der Waals surface area contributed by atoms with Gasteiger partial charge in [-0.2, -0.15) is 0 Å². The Morgan fingerprint density at radius 2 is 1.92 bits per heavy atom. The van der Waals surface area contributed by atoms with Gasteiger partial charge in [0, 0.05) is 19.0 Å². The number of carboxylic acid groups (broad SMARTS) is 1. The molecule has 0 radical (unpaired) electrons. The molecule has 2 heterocycles. The van der Waals surface area contributed by atoms with Crippen molar-refractivity contribution in [2.45, 2.75) is 44.7 Å². The summed E-state index contributed by atoms with van der Waals surface area (Å²) >= 11 is 0. The second-order valence-corrected chi connectivity index (χ2v) is 8.24. The lowest BCUT2D eigenvalue weighted by molar-refractivity contribution is -0.148. The normalized spacial score (nSPS) is 25.5. The van der Waals surface area contributed by atoms with E-state index in [0.29, 0.717) is 13.0 Å². The van der Waals surface area contributed by atoms with Crippen LogP contribution in [0.4, 0.5) is 0 Å². The van der Waals surface area contributed by atoms with Gasteiger partial charge in [0.2, 0.25) is 5.91 Å². The number of carbonyl (C=O) groups excluding carboxylic acids is 1. The summed E-state index contributed by atoms with van der Waals surface area (Å²) in [5.41, 5.74) is 1.03. The summed E-state index contributed by atoms with van der Waals surface area (Å²) in [4.78, 5) is 28.2. The van der Waals surface area contributed by atoms with Crippen molar-refractivity contribution in [1.29, 1.82) is 0 Å². The monoisotopic (exact) mass is 358 g/mol. The van der Waals surface area contributed by atoms with Crippen LogP contribution in [0, 0.1) is 11.3 Å². The van der Waals surface area contributed by atoms with E-state index >= 15 is 0 Å². The van der Waals surface area contributed by atoms with Crippen molar-refractivity contribution in [3.05, 3.63) is 29.8 Å². The largest absolute Gasteiger partial charge is 0.508 e. The summed E-state index contributed by atoms with van der Waals surface area (Å²) < 4.78 is 0. The van der Waals surface area contributed by atoms with Gasteiger partial charge in [-0.25, -0.2) is 4.79 Å². The number of nitrogens with zero attached hydrogens (tertiary/aromatic N) is 2. The molecule has 1 amide bonds. The molecule has 6 nitrogen and oxygen atoms in total. The zero-order valence-corrected chi connectivity index (χ0v) is 14.9. The first-order chi connectivity index (χ1) is 12.5. The Hall–Kier alpha value is -2.08. The number of likely N-dealkylation sites (tertiary alicyclic amines) is 2. The van der Waals surface area contributed by atoms with E-state index in [2.05, 4.69) is 4.90 Å². The lowest BCUT2D eigenvalue weighted by atomic mass is 9.76. The summed E-state index contributed by atoms with van der Waals surface area (Å²) in [7, 11) is 0. The molecule has 2 aliphatic heterocycles. The first-order valence-corrected chi connectivity index (χ1v) is 9.49. The Morgan fingerprint density at radius 1 is 1.19 bits per heavy atom. The van der Waals surface area contributed by atoms with Gasteiger partial charge in [0.05, 0.1) is 0 Å². The highest BCUT2D eigenvalue weighted by Gasteiger charge is 2.51. The van der Waals surface area contributed by atoms with Gasteiger partial charge in [-0.15, -0.1) is 0 Å². The summed E-state index contributed by atoms with van der Waals surface area (Å²) in [6.45, 7) is 3.18. The van der Waals surface area contributed by atoms with Gasteiger partial charge in [0.15, 0.2) is 0 Å². The van der Waals surface area contributed by atoms with Crippen LogP contribution in [0.5, 0.6) is 5.75 Å². The number of carbonyl (C=O) groups is 2. The fourth-order valence-corrected chi connectivity index (χ4v) is 4.53. The van der Waals surface area contributed by atoms with Crippen LogP contribution < -0.4 is 0 Å². The number of benzene rings is 1. The molecule has 1 aliphatic carbocycles. The molecule has 1 atom stereocenters. The van der Waals surface area contributed by atoms with E-state index in [9.17, 15) is 19.8 Å². The van der Waals surface area contributed by atoms with E-state index in [-0.39, 0.29) is 23.0 Å². The quantitative estimate of drug-likeness (QED) is 0.861. The number of carboxylic acids is 1. The fraction of sp³-hybridized carbons (Fsp3) is 0.600. The minimum absolute atomic E-state index is 0.0523. The van der Waals surface area contributed by atoms with Crippen molar-refractivity contribution in [3.8, 4) is 5.75 Å². The molecule has 1 spiro atoms. The summed E-state index contributed by atoms with van der Waals surface area (Å²) in [5.74, 6) is -0.460.